The molecule has 100 valence electrons. The highest BCUT2D eigenvalue weighted by molar-refractivity contribution is 5.82. The van der Waals surface area contributed by atoms with Crippen molar-refractivity contribution in [1.82, 2.24) is 10.6 Å². The number of alkyl halides is 3. The summed E-state index contributed by atoms with van der Waals surface area (Å²) in [7, 11) is 0. The molecule has 1 fully saturated rings. The van der Waals surface area contributed by atoms with Crippen molar-refractivity contribution in [3.63, 3.8) is 0 Å². The zero-order valence-electron chi connectivity index (χ0n) is 10.1. The largest absolute Gasteiger partial charge is 0.471 e. The van der Waals surface area contributed by atoms with E-state index in [1.54, 1.807) is 0 Å². The summed E-state index contributed by atoms with van der Waals surface area (Å²) in [6.07, 6.45) is -3.15. The zero-order chi connectivity index (χ0) is 13.1. The lowest BCUT2D eigenvalue weighted by molar-refractivity contribution is -0.174. The molecule has 3 nitrogen and oxygen atoms in total. The van der Waals surface area contributed by atoms with Gasteiger partial charge in [-0.05, 0) is 31.2 Å². The van der Waals surface area contributed by atoms with Crippen LogP contribution in [0.2, 0.25) is 0 Å². The predicted octanol–water partition coefficient (Wildman–Crippen LogP) is 1.69. The van der Waals surface area contributed by atoms with Crippen LogP contribution in [0, 0.1) is 11.8 Å². The molecule has 1 aliphatic heterocycles. The molecule has 1 rings (SSSR count). The third-order valence-corrected chi connectivity index (χ3v) is 2.97. The van der Waals surface area contributed by atoms with Crippen LogP contribution in [0.3, 0.4) is 0 Å². The van der Waals surface area contributed by atoms with E-state index >= 15 is 0 Å². The maximum Gasteiger partial charge on any atom is 0.471 e. The van der Waals surface area contributed by atoms with Crippen molar-refractivity contribution in [2.75, 3.05) is 13.1 Å². The molecule has 0 bridgehead atoms. The summed E-state index contributed by atoms with van der Waals surface area (Å²) in [6, 6.07) is -0.416. The monoisotopic (exact) mass is 252 g/mol. The first-order valence-corrected chi connectivity index (χ1v) is 5.89. The normalized spacial score (nSPS) is 26.0. The molecular weight excluding hydrogens is 233 g/mol. The molecule has 1 saturated heterocycles. The zero-order valence-corrected chi connectivity index (χ0v) is 10.1. The van der Waals surface area contributed by atoms with Crippen LogP contribution in [0.25, 0.3) is 0 Å². The van der Waals surface area contributed by atoms with Crippen molar-refractivity contribution >= 4 is 5.91 Å². The van der Waals surface area contributed by atoms with Crippen LogP contribution in [-0.4, -0.2) is 31.2 Å². The Morgan fingerprint density at radius 1 is 1.47 bits per heavy atom. The maximum atomic E-state index is 12.2. The Labute approximate surface area is 99.1 Å². The molecule has 2 atom stereocenters. The number of hydrogen-bond acceptors (Lipinski definition) is 2. The van der Waals surface area contributed by atoms with E-state index < -0.39 is 18.1 Å². The fraction of sp³-hybridized carbons (Fsp3) is 0.909. The molecule has 0 aromatic heterocycles. The lowest BCUT2D eigenvalue weighted by atomic mass is 9.85. The predicted molar refractivity (Wildman–Crippen MR) is 58.4 cm³/mol. The average Bonchev–Trinajstić information content (AvgIpc) is 2.18. The van der Waals surface area contributed by atoms with Gasteiger partial charge in [-0.15, -0.1) is 0 Å². The molecule has 17 heavy (non-hydrogen) atoms. The van der Waals surface area contributed by atoms with Gasteiger partial charge in [-0.2, -0.15) is 13.2 Å². The topological polar surface area (TPSA) is 41.1 Å². The first-order valence-electron chi connectivity index (χ1n) is 5.89. The Morgan fingerprint density at radius 3 is 2.65 bits per heavy atom. The molecule has 1 aliphatic rings. The minimum Gasteiger partial charge on any atom is -0.344 e. The molecule has 2 N–H and O–H groups in total. The second-order valence-electron chi connectivity index (χ2n) is 4.96. The molecular formula is C11H19F3N2O. The van der Waals surface area contributed by atoms with E-state index in [0.717, 1.165) is 19.4 Å². The van der Waals surface area contributed by atoms with Crippen LogP contribution in [-0.2, 0) is 4.79 Å². The maximum absolute atomic E-state index is 12.2. The van der Waals surface area contributed by atoms with E-state index in [2.05, 4.69) is 10.6 Å². The molecule has 0 spiro atoms. The Bertz CT molecular complexity index is 266. The SMILES string of the molecule is CC(C)CC1CCNCC1NC(=O)C(F)(F)F. The number of halogens is 3. The highest BCUT2D eigenvalue weighted by atomic mass is 19.4. The van der Waals surface area contributed by atoms with E-state index in [9.17, 15) is 18.0 Å². The van der Waals surface area contributed by atoms with Crippen LogP contribution in [0.15, 0.2) is 0 Å². The van der Waals surface area contributed by atoms with Crippen molar-refractivity contribution in [1.29, 1.82) is 0 Å². The lowest BCUT2D eigenvalue weighted by Crippen LogP contribution is -2.54. The van der Waals surface area contributed by atoms with E-state index in [-0.39, 0.29) is 5.92 Å². The fourth-order valence-electron chi connectivity index (χ4n) is 2.22. The molecule has 2 unspecified atom stereocenters. The average molecular weight is 252 g/mol. The molecule has 6 heteroatoms. The van der Waals surface area contributed by atoms with Gasteiger partial charge in [0.25, 0.3) is 0 Å². The Hall–Kier alpha value is -0.780. The number of carbonyl (C=O) groups is 1. The fourth-order valence-corrected chi connectivity index (χ4v) is 2.22. The number of nitrogens with one attached hydrogen (secondary N) is 2. The Kier molecular flexibility index (Phi) is 4.80. The highest BCUT2D eigenvalue weighted by Crippen LogP contribution is 2.23. The summed E-state index contributed by atoms with van der Waals surface area (Å²) in [6.45, 7) is 5.28. The van der Waals surface area contributed by atoms with Gasteiger partial charge in [0, 0.05) is 12.6 Å². The minimum atomic E-state index is -4.79. The summed E-state index contributed by atoms with van der Waals surface area (Å²) in [5.74, 6) is -1.29. The van der Waals surface area contributed by atoms with Crippen LogP contribution in [0.4, 0.5) is 13.2 Å². The quantitative estimate of drug-likeness (QED) is 0.802. The van der Waals surface area contributed by atoms with Gasteiger partial charge in [0.2, 0.25) is 0 Å². The lowest BCUT2D eigenvalue weighted by Gasteiger charge is -2.34. The van der Waals surface area contributed by atoms with Crippen LogP contribution >= 0.6 is 0 Å². The summed E-state index contributed by atoms with van der Waals surface area (Å²) in [4.78, 5) is 10.9. The molecule has 0 aliphatic carbocycles. The third-order valence-electron chi connectivity index (χ3n) is 2.97. The van der Waals surface area contributed by atoms with Gasteiger partial charge in [0.05, 0.1) is 0 Å². The van der Waals surface area contributed by atoms with Gasteiger partial charge in [0.15, 0.2) is 0 Å². The van der Waals surface area contributed by atoms with E-state index in [1.807, 2.05) is 13.8 Å². The summed E-state index contributed by atoms with van der Waals surface area (Å²) in [5.41, 5.74) is 0. The second kappa shape index (κ2) is 5.71. The standard InChI is InChI=1S/C11H19F3N2O/c1-7(2)5-8-3-4-15-6-9(8)16-10(17)11(12,13)14/h7-9,15H,3-6H2,1-2H3,(H,16,17). The van der Waals surface area contributed by atoms with Gasteiger partial charge < -0.3 is 10.6 Å². The molecule has 1 amide bonds. The Morgan fingerprint density at radius 2 is 2.12 bits per heavy atom. The number of amides is 1. The Balaban J connectivity index is 2.56. The minimum absolute atomic E-state index is 0.127. The van der Waals surface area contributed by atoms with Gasteiger partial charge in [0.1, 0.15) is 0 Å². The van der Waals surface area contributed by atoms with Crippen molar-refractivity contribution < 1.29 is 18.0 Å². The first kappa shape index (κ1) is 14.3. The second-order valence-corrected chi connectivity index (χ2v) is 4.96. The van der Waals surface area contributed by atoms with Crippen molar-refractivity contribution in [2.45, 2.75) is 38.9 Å². The van der Waals surface area contributed by atoms with Crippen molar-refractivity contribution in [2.24, 2.45) is 11.8 Å². The smallest absolute Gasteiger partial charge is 0.344 e. The van der Waals surface area contributed by atoms with E-state index in [0.29, 0.717) is 12.5 Å². The van der Waals surface area contributed by atoms with Crippen LogP contribution < -0.4 is 10.6 Å². The third kappa shape index (κ3) is 4.53. The number of hydrogen-bond donors (Lipinski definition) is 2. The molecule has 0 aromatic rings. The summed E-state index contributed by atoms with van der Waals surface area (Å²) < 4.78 is 36.5. The van der Waals surface area contributed by atoms with Gasteiger partial charge in [-0.25, -0.2) is 0 Å². The summed E-state index contributed by atoms with van der Waals surface area (Å²) >= 11 is 0. The number of piperidine rings is 1. The van der Waals surface area contributed by atoms with E-state index in [1.165, 1.54) is 0 Å². The number of carbonyl (C=O) groups excluding carboxylic acids is 1. The van der Waals surface area contributed by atoms with Crippen molar-refractivity contribution in [3.8, 4) is 0 Å². The van der Waals surface area contributed by atoms with Gasteiger partial charge in [-0.3, -0.25) is 4.79 Å². The molecule has 0 saturated carbocycles. The highest BCUT2D eigenvalue weighted by Gasteiger charge is 2.41. The molecule has 1 heterocycles. The van der Waals surface area contributed by atoms with E-state index in [4.69, 9.17) is 0 Å². The van der Waals surface area contributed by atoms with Gasteiger partial charge in [-0.1, -0.05) is 13.8 Å². The molecule has 0 aromatic carbocycles. The van der Waals surface area contributed by atoms with Crippen molar-refractivity contribution in [3.05, 3.63) is 0 Å². The first-order chi connectivity index (χ1) is 7.80. The van der Waals surface area contributed by atoms with Crippen LogP contribution in [0.5, 0.6) is 0 Å². The number of rotatable bonds is 3. The van der Waals surface area contributed by atoms with Crippen LogP contribution in [0.1, 0.15) is 26.7 Å². The molecule has 0 radical (unpaired) electrons. The summed E-state index contributed by atoms with van der Waals surface area (Å²) in [5, 5.41) is 5.10. The van der Waals surface area contributed by atoms with Gasteiger partial charge >= 0.3 is 12.1 Å².